The molecule has 1 atom stereocenters. The summed E-state index contributed by atoms with van der Waals surface area (Å²) >= 11 is 0. The topological polar surface area (TPSA) is 90.1 Å². The molecule has 7 heteroatoms. The largest absolute Gasteiger partial charge is 0.324 e. The normalized spacial score (nSPS) is 20.1. The second-order valence-electron chi connectivity index (χ2n) is 7.75. The Bertz CT molecular complexity index is 813. The maximum absolute atomic E-state index is 12.6. The Morgan fingerprint density at radius 2 is 1.82 bits per heavy atom. The fourth-order valence-corrected chi connectivity index (χ4v) is 4.25. The lowest BCUT2D eigenvalue weighted by atomic mass is 9.94. The Balaban J connectivity index is 1.40. The molecule has 4 rings (SSSR count). The van der Waals surface area contributed by atoms with E-state index in [1.807, 2.05) is 35.2 Å². The predicted molar refractivity (Wildman–Crippen MR) is 108 cm³/mol. The SMILES string of the molecule is O=C(Nc1cn[nH]c1C1CCCN(C(=O)Nc2ccccc2)C1)C1CCCC1. The summed E-state index contributed by atoms with van der Waals surface area (Å²) in [6.07, 6.45) is 7.76. The lowest BCUT2D eigenvalue weighted by Crippen LogP contribution is -2.41. The molecule has 7 nitrogen and oxygen atoms in total. The molecule has 1 aromatic carbocycles. The number of carbonyl (C=O) groups is 2. The molecule has 1 saturated carbocycles. The number of nitrogens with zero attached hydrogens (tertiary/aromatic N) is 2. The molecule has 1 aliphatic heterocycles. The van der Waals surface area contributed by atoms with Crippen LogP contribution in [0.4, 0.5) is 16.2 Å². The number of hydrogen-bond acceptors (Lipinski definition) is 3. The number of hydrogen-bond donors (Lipinski definition) is 3. The van der Waals surface area contributed by atoms with Crippen LogP contribution in [0, 0.1) is 5.92 Å². The molecule has 1 saturated heterocycles. The molecule has 2 fully saturated rings. The van der Waals surface area contributed by atoms with Crippen molar-refractivity contribution in [3.63, 3.8) is 0 Å². The van der Waals surface area contributed by atoms with E-state index >= 15 is 0 Å². The Hall–Kier alpha value is -2.83. The quantitative estimate of drug-likeness (QED) is 0.749. The third-order valence-electron chi connectivity index (χ3n) is 5.79. The van der Waals surface area contributed by atoms with E-state index in [9.17, 15) is 9.59 Å². The molecule has 1 aliphatic carbocycles. The summed E-state index contributed by atoms with van der Waals surface area (Å²) in [6, 6.07) is 9.39. The second kappa shape index (κ2) is 8.46. The number of benzene rings is 1. The zero-order chi connectivity index (χ0) is 19.3. The van der Waals surface area contributed by atoms with Gasteiger partial charge in [0.1, 0.15) is 0 Å². The second-order valence-corrected chi connectivity index (χ2v) is 7.75. The van der Waals surface area contributed by atoms with Gasteiger partial charge in [-0.05, 0) is 37.8 Å². The summed E-state index contributed by atoms with van der Waals surface area (Å²) in [4.78, 5) is 27.0. The molecule has 28 heavy (non-hydrogen) atoms. The number of aromatic amines is 1. The van der Waals surface area contributed by atoms with E-state index in [0.29, 0.717) is 6.54 Å². The van der Waals surface area contributed by atoms with Crippen LogP contribution in [0.2, 0.25) is 0 Å². The van der Waals surface area contributed by atoms with Crippen molar-refractivity contribution in [1.29, 1.82) is 0 Å². The van der Waals surface area contributed by atoms with E-state index in [1.165, 1.54) is 0 Å². The Morgan fingerprint density at radius 3 is 2.61 bits per heavy atom. The van der Waals surface area contributed by atoms with Crippen LogP contribution in [0.25, 0.3) is 0 Å². The molecule has 3 N–H and O–H groups in total. The van der Waals surface area contributed by atoms with Gasteiger partial charge in [0.15, 0.2) is 0 Å². The van der Waals surface area contributed by atoms with Gasteiger partial charge < -0.3 is 15.5 Å². The molecule has 1 aromatic heterocycles. The van der Waals surface area contributed by atoms with Crippen LogP contribution >= 0.6 is 0 Å². The molecule has 1 unspecified atom stereocenters. The molecule has 3 amide bonds. The van der Waals surface area contributed by atoms with Crippen LogP contribution in [0.5, 0.6) is 0 Å². The van der Waals surface area contributed by atoms with Crippen molar-refractivity contribution in [2.45, 2.75) is 44.4 Å². The van der Waals surface area contributed by atoms with Crippen molar-refractivity contribution in [2.75, 3.05) is 23.7 Å². The minimum atomic E-state index is -0.0908. The number of aromatic nitrogens is 2. The number of urea groups is 1. The first kappa shape index (κ1) is 18.5. The highest BCUT2D eigenvalue weighted by molar-refractivity contribution is 5.93. The molecule has 2 heterocycles. The van der Waals surface area contributed by atoms with Crippen LogP contribution in [0.3, 0.4) is 0 Å². The van der Waals surface area contributed by atoms with Crippen molar-refractivity contribution in [3.05, 3.63) is 42.2 Å². The molecule has 148 valence electrons. The Labute approximate surface area is 164 Å². The van der Waals surface area contributed by atoms with Crippen molar-refractivity contribution < 1.29 is 9.59 Å². The third kappa shape index (κ3) is 4.18. The first-order valence-corrected chi connectivity index (χ1v) is 10.2. The maximum Gasteiger partial charge on any atom is 0.321 e. The van der Waals surface area contributed by atoms with Gasteiger partial charge in [-0.3, -0.25) is 9.89 Å². The van der Waals surface area contributed by atoms with Crippen molar-refractivity contribution in [3.8, 4) is 0 Å². The summed E-state index contributed by atoms with van der Waals surface area (Å²) in [7, 11) is 0. The Kier molecular flexibility index (Phi) is 5.60. The van der Waals surface area contributed by atoms with Gasteiger partial charge in [0.2, 0.25) is 5.91 Å². The summed E-state index contributed by atoms with van der Waals surface area (Å²) in [5, 5.41) is 13.2. The smallest absolute Gasteiger partial charge is 0.321 e. The number of para-hydroxylation sites is 1. The fraction of sp³-hybridized carbons (Fsp3) is 0.476. The van der Waals surface area contributed by atoms with Crippen molar-refractivity contribution >= 4 is 23.3 Å². The first-order valence-electron chi connectivity index (χ1n) is 10.2. The van der Waals surface area contributed by atoms with Crippen LogP contribution in [0.15, 0.2) is 36.5 Å². The number of likely N-dealkylation sites (tertiary alicyclic amines) is 1. The van der Waals surface area contributed by atoms with Gasteiger partial charge in [-0.1, -0.05) is 31.0 Å². The van der Waals surface area contributed by atoms with E-state index in [2.05, 4.69) is 20.8 Å². The fourth-order valence-electron chi connectivity index (χ4n) is 4.25. The number of rotatable bonds is 4. The average Bonchev–Trinajstić information content (AvgIpc) is 3.41. The van der Waals surface area contributed by atoms with Gasteiger partial charge >= 0.3 is 6.03 Å². The lowest BCUT2D eigenvalue weighted by molar-refractivity contribution is -0.119. The summed E-state index contributed by atoms with van der Waals surface area (Å²) in [5.74, 6) is 0.341. The number of anilines is 2. The zero-order valence-electron chi connectivity index (χ0n) is 16.0. The van der Waals surface area contributed by atoms with Gasteiger partial charge in [0.25, 0.3) is 0 Å². The highest BCUT2D eigenvalue weighted by atomic mass is 16.2. The van der Waals surface area contributed by atoms with Crippen LogP contribution in [-0.2, 0) is 4.79 Å². The number of piperidine rings is 1. The average molecular weight is 381 g/mol. The summed E-state index contributed by atoms with van der Waals surface area (Å²) in [6.45, 7) is 1.33. The zero-order valence-corrected chi connectivity index (χ0v) is 16.0. The van der Waals surface area contributed by atoms with Crippen molar-refractivity contribution in [1.82, 2.24) is 15.1 Å². The van der Waals surface area contributed by atoms with E-state index < -0.39 is 0 Å². The van der Waals surface area contributed by atoms with Gasteiger partial charge in [0, 0.05) is 30.6 Å². The maximum atomic E-state index is 12.6. The molecule has 0 bridgehead atoms. The monoisotopic (exact) mass is 381 g/mol. The number of nitrogens with one attached hydrogen (secondary N) is 3. The number of H-pyrrole nitrogens is 1. The third-order valence-corrected chi connectivity index (χ3v) is 5.79. The molecule has 0 radical (unpaired) electrons. The minimum Gasteiger partial charge on any atom is -0.324 e. The van der Waals surface area contributed by atoms with Gasteiger partial charge in [-0.25, -0.2) is 4.79 Å². The highest BCUT2D eigenvalue weighted by Gasteiger charge is 2.29. The predicted octanol–water partition coefficient (Wildman–Crippen LogP) is 3.95. The van der Waals surface area contributed by atoms with Crippen LogP contribution in [0.1, 0.15) is 50.1 Å². The number of carbonyl (C=O) groups excluding carboxylic acids is 2. The van der Waals surface area contributed by atoms with Gasteiger partial charge in [0.05, 0.1) is 17.6 Å². The standard InChI is InChI=1S/C21H27N5O2/c27-20(15-7-4-5-8-15)24-18-13-22-25-19(18)16-9-6-12-26(14-16)21(28)23-17-10-2-1-3-11-17/h1-3,10-11,13,15-16H,4-9,12,14H2,(H,22,25)(H,23,28)(H,24,27). The number of amides is 3. The molecule has 2 aromatic rings. The van der Waals surface area contributed by atoms with Crippen molar-refractivity contribution in [2.24, 2.45) is 5.92 Å². The molecular formula is C21H27N5O2. The first-order chi connectivity index (χ1) is 13.7. The summed E-state index contributed by atoms with van der Waals surface area (Å²) < 4.78 is 0. The highest BCUT2D eigenvalue weighted by Crippen LogP contribution is 2.32. The Morgan fingerprint density at radius 1 is 1.04 bits per heavy atom. The van der Waals surface area contributed by atoms with E-state index in [1.54, 1.807) is 6.20 Å². The van der Waals surface area contributed by atoms with Crippen LogP contribution < -0.4 is 10.6 Å². The molecule has 2 aliphatic rings. The molecule has 0 spiro atoms. The van der Waals surface area contributed by atoms with Gasteiger partial charge in [-0.15, -0.1) is 0 Å². The van der Waals surface area contributed by atoms with Gasteiger partial charge in [-0.2, -0.15) is 5.10 Å². The van der Waals surface area contributed by atoms with E-state index in [0.717, 1.165) is 62.1 Å². The minimum absolute atomic E-state index is 0.0908. The molecular weight excluding hydrogens is 354 g/mol. The van der Waals surface area contributed by atoms with E-state index in [4.69, 9.17) is 0 Å². The summed E-state index contributed by atoms with van der Waals surface area (Å²) in [5.41, 5.74) is 2.47. The lowest BCUT2D eigenvalue weighted by Gasteiger charge is -2.32. The van der Waals surface area contributed by atoms with Crippen LogP contribution in [-0.4, -0.2) is 40.1 Å². The van der Waals surface area contributed by atoms with E-state index in [-0.39, 0.29) is 23.8 Å².